The zero-order chi connectivity index (χ0) is 41.6. The summed E-state index contributed by atoms with van der Waals surface area (Å²) >= 11 is 0. The number of nitrogens with one attached hydrogen (secondary N) is 1. The van der Waals surface area contributed by atoms with Crippen LogP contribution in [0.15, 0.2) is 76.6 Å². The minimum Gasteiger partial charge on any atom is -0.496 e. The van der Waals surface area contributed by atoms with Crippen LogP contribution in [-0.2, 0) is 46.9 Å². The lowest BCUT2D eigenvalue weighted by atomic mass is 9.84. The van der Waals surface area contributed by atoms with Gasteiger partial charge in [0.05, 0.1) is 42.3 Å². The molecule has 0 radical (unpaired) electrons. The smallest absolute Gasteiger partial charge is 0.329 e. The van der Waals surface area contributed by atoms with Gasteiger partial charge in [-0.15, -0.1) is 0 Å². The van der Waals surface area contributed by atoms with Gasteiger partial charge in [0, 0.05) is 94.7 Å². The van der Waals surface area contributed by atoms with Crippen LogP contribution >= 0.6 is 0 Å². The molecule has 1 unspecified atom stereocenters. The number of fused-ring (bicyclic) bond motifs is 4. The highest BCUT2D eigenvalue weighted by Gasteiger charge is 2.49. The second-order valence-electron chi connectivity index (χ2n) is 16.8. The first-order valence-electron chi connectivity index (χ1n) is 20.4. The molecule has 1 N–H and O–H groups in total. The number of hydrogen-bond acceptors (Lipinski definition) is 10. The summed E-state index contributed by atoms with van der Waals surface area (Å²) in [5.74, 6) is 1.46. The van der Waals surface area contributed by atoms with Gasteiger partial charge in [0.1, 0.15) is 23.4 Å². The molecular weight excluding hydrogens is 763 g/mol. The van der Waals surface area contributed by atoms with Crippen molar-refractivity contribution in [2.75, 3.05) is 45.9 Å². The van der Waals surface area contributed by atoms with Gasteiger partial charge in [-0.2, -0.15) is 0 Å². The average molecular weight is 810 g/mol. The number of nitrogens with zero attached hydrogens (tertiary/aromatic N) is 6. The topological polar surface area (TPSA) is 142 Å². The van der Waals surface area contributed by atoms with Crippen LogP contribution in [0.2, 0.25) is 0 Å². The van der Waals surface area contributed by atoms with Crippen LogP contribution in [0.3, 0.4) is 0 Å². The van der Waals surface area contributed by atoms with Crippen molar-refractivity contribution in [1.29, 1.82) is 0 Å². The number of imide groups is 1. The van der Waals surface area contributed by atoms with Crippen molar-refractivity contribution in [2.45, 2.75) is 56.3 Å². The molecule has 60 heavy (non-hydrogen) atoms. The highest BCUT2D eigenvalue weighted by molar-refractivity contribution is 6.01. The maximum Gasteiger partial charge on any atom is 0.329 e. The Hall–Kier alpha value is -6.25. The molecule has 3 aliphatic heterocycles. The van der Waals surface area contributed by atoms with E-state index in [1.807, 2.05) is 42.6 Å². The lowest BCUT2D eigenvalue weighted by Crippen LogP contribution is -2.52. The number of carbonyl (C=O) groups is 2. The number of carbonyl (C=O) groups excluding carboxylic acids is 2. The number of anilines is 1. The molecule has 14 nitrogen and oxygen atoms in total. The molecule has 14 heteroatoms. The molecule has 1 saturated carbocycles. The molecule has 1 aliphatic carbocycles. The molecule has 308 valence electrons. The lowest BCUT2D eigenvalue weighted by molar-refractivity contribution is -0.135. The molecule has 1 spiro atoms. The SMILES string of the molecule is COc1cc(-c2cn(C)c(=O)c3cnc(N4CC(OC)C4)cc23)cc(OC)c1CN1Cc2ccc(-c3cccc4c3n(C)c(=O)n4C3CCC(=O)NC3=O)cc2C2(CC2)C1. The Kier molecular flexibility index (Phi) is 8.99. The monoisotopic (exact) mass is 809 g/mol. The average Bonchev–Trinajstić information content (AvgIpc) is 3.95. The van der Waals surface area contributed by atoms with E-state index in [2.05, 4.69) is 38.3 Å². The third-order valence-corrected chi connectivity index (χ3v) is 13.2. The predicted octanol–water partition coefficient (Wildman–Crippen LogP) is 4.80. The molecule has 4 aliphatic rings. The summed E-state index contributed by atoms with van der Waals surface area (Å²) in [7, 11) is 8.59. The fraction of sp³-hybridized carbons (Fsp3) is 0.370. The van der Waals surface area contributed by atoms with Crippen molar-refractivity contribution in [3.8, 4) is 33.8 Å². The van der Waals surface area contributed by atoms with E-state index in [4.69, 9.17) is 14.2 Å². The van der Waals surface area contributed by atoms with Crippen molar-refractivity contribution < 1.29 is 23.8 Å². The highest BCUT2D eigenvalue weighted by Crippen LogP contribution is 2.54. The van der Waals surface area contributed by atoms with E-state index in [1.54, 1.807) is 50.8 Å². The quantitative estimate of drug-likeness (QED) is 0.203. The van der Waals surface area contributed by atoms with Gasteiger partial charge in [-0.3, -0.25) is 33.7 Å². The van der Waals surface area contributed by atoms with Crippen LogP contribution < -0.4 is 30.9 Å². The van der Waals surface area contributed by atoms with Gasteiger partial charge in [0.25, 0.3) is 5.56 Å². The van der Waals surface area contributed by atoms with Gasteiger partial charge in [0.2, 0.25) is 11.8 Å². The number of ether oxygens (including phenoxy) is 3. The van der Waals surface area contributed by atoms with Crippen LogP contribution in [0.4, 0.5) is 5.82 Å². The normalized spacial score (nSPS) is 18.8. The number of pyridine rings is 2. The van der Waals surface area contributed by atoms with E-state index in [9.17, 15) is 19.2 Å². The first-order valence-corrected chi connectivity index (χ1v) is 20.4. The van der Waals surface area contributed by atoms with Crippen molar-refractivity contribution >= 4 is 39.4 Å². The fourth-order valence-corrected chi connectivity index (χ4v) is 9.82. The Labute approximate surface area is 345 Å². The summed E-state index contributed by atoms with van der Waals surface area (Å²) < 4.78 is 22.4. The molecule has 3 aromatic carbocycles. The summed E-state index contributed by atoms with van der Waals surface area (Å²) in [5.41, 5.74) is 8.29. The number of para-hydroxylation sites is 1. The molecule has 3 aromatic heterocycles. The molecule has 6 heterocycles. The number of amides is 2. The number of aryl methyl sites for hydroxylation is 2. The second-order valence-corrected chi connectivity index (χ2v) is 16.8. The van der Waals surface area contributed by atoms with Crippen LogP contribution in [0.5, 0.6) is 11.5 Å². The van der Waals surface area contributed by atoms with Gasteiger partial charge in [-0.25, -0.2) is 9.78 Å². The standard InChI is InChI=1S/C46H47N7O7/c1-49-23-33(31-18-40(47-19-32(31)44(49)56)52-21-29(22-52)58-3)28-16-38(59-4)34(39(17-28)60-5)24-51-20-27-10-9-26(15-35(27)46(25-51)13-14-46)30-7-6-8-36-42(30)50(2)45(57)53(36)37-11-12-41(54)48-43(37)55/h6-10,15-19,23,29,37H,11-14,20-22,24-25H2,1-5H3,(H,48,54,55). The Bertz CT molecular complexity index is 2880. The van der Waals surface area contributed by atoms with Crippen molar-refractivity contribution in [2.24, 2.45) is 14.1 Å². The van der Waals surface area contributed by atoms with Crippen molar-refractivity contribution in [1.82, 2.24) is 28.9 Å². The predicted molar refractivity (Wildman–Crippen MR) is 228 cm³/mol. The molecule has 6 aromatic rings. The van der Waals surface area contributed by atoms with E-state index >= 15 is 0 Å². The molecule has 3 fully saturated rings. The van der Waals surface area contributed by atoms with E-state index in [0.717, 1.165) is 83.6 Å². The first kappa shape index (κ1) is 38.0. The minimum atomic E-state index is -0.744. The van der Waals surface area contributed by atoms with Gasteiger partial charge >= 0.3 is 5.69 Å². The van der Waals surface area contributed by atoms with Crippen molar-refractivity contribution in [3.63, 3.8) is 0 Å². The minimum absolute atomic E-state index is 0.00164. The number of piperidine rings is 1. The molecular formula is C46H47N7O7. The van der Waals surface area contributed by atoms with Gasteiger partial charge in [-0.05, 0) is 65.8 Å². The summed E-state index contributed by atoms with van der Waals surface area (Å²) in [4.78, 5) is 61.0. The van der Waals surface area contributed by atoms with E-state index in [0.29, 0.717) is 28.9 Å². The summed E-state index contributed by atoms with van der Waals surface area (Å²) in [6.07, 6.45) is 6.33. The zero-order valence-corrected chi connectivity index (χ0v) is 34.4. The lowest BCUT2D eigenvalue weighted by Gasteiger charge is -2.39. The molecule has 2 saturated heterocycles. The third-order valence-electron chi connectivity index (χ3n) is 13.2. The number of benzene rings is 3. The van der Waals surface area contributed by atoms with Gasteiger partial charge in [0.15, 0.2) is 0 Å². The summed E-state index contributed by atoms with van der Waals surface area (Å²) in [5, 5.41) is 3.76. The zero-order valence-electron chi connectivity index (χ0n) is 34.4. The maximum atomic E-state index is 13.7. The summed E-state index contributed by atoms with van der Waals surface area (Å²) in [6, 6.07) is 17.8. The van der Waals surface area contributed by atoms with E-state index in [-0.39, 0.29) is 41.5 Å². The molecule has 0 bridgehead atoms. The Balaban J connectivity index is 0.968. The number of rotatable bonds is 9. The van der Waals surface area contributed by atoms with Crippen molar-refractivity contribution in [3.05, 3.63) is 105 Å². The first-order chi connectivity index (χ1) is 29.0. The molecule has 2 amide bonds. The number of methoxy groups -OCH3 is 3. The fourth-order valence-electron chi connectivity index (χ4n) is 9.82. The molecule has 1 atom stereocenters. The maximum absolute atomic E-state index is 13.7. The second kappa shape index (κ2) is 14.2. The van der Waals surface area contributed by atoms with Crippen LogP contribution in [0, 0.1) is 0 Å². The summed E-state index contributed by atoms with van der Waals surface area (Å²) in [6.45, 7) is 3.71. The Morgan fingerprint density at radius 1 is 0.883 bits per heavy atom. The number of hydrogen-bond donors (Lipinski definition) is 1. The largest absolute Gasteiger partial charge is 0.496 e. The van der Waals surface area contributed by atoms with Crippen LogP contribution in [0.25, 0.3) is 44.1 Å². The third kappa shape index (κ3) is 6.02. The molecule has 10 rings (SSSR count). The van der Waals surface area contributed by atoms with E-state index < -0.39 is 11.9 Å². The Morgan fingerprint density at radius 2 is 1.65 bits per heavy atom. The van der Waals surface area contributed by atoms with Gasteiger partial charge < -0.3 is 23.7 Å². The Morgan fingerprint density at radius 3 is 2.35 bits per heavy atom. The highest BCUT2D eigenvalue weighted by atomic mass is 16.5. The number of imidazole rings is 1. The van der Waals surface area contributed by atoms with E-state index in [1.165, 1.54) is 15.7 Å². The number of aromatic nitrogens is 4. The van der Waals surface area contributed by atoms with Crippen LogP contribution in [0.1, 0.15) is 48.4 Å². The van der Waals surface area contributed by atoms with Gasteiger partial charge in [-0.1, -0.05) is 30.3 Å². The van der Waals surface area contributed by atoms with Crippen LogP contribution in [-0.4, -0.2) is 82.5 Å².